The maximum absolute atomic E-state index is 12.5. The van der Waals surface area contributed by atoms with Gasteiger partial charge in [-0.3, -0.25) is 4.79 Å². The summed E-state index contributed by atoms with van der Waals surface area (Å²) in [5.74, 6) is 0. The van der Waals surface area contributed by atoms with E-state index in [4.69, 9.17) is 0 Å². The molecule has 0 N–H and O–H groups in total. The van der Waals surface area contributed by atoms with E-state index < -0.39 is 0 Å². The number of aromatic nitrogens is 1. The Morgan fingerprint density at radius 3 is 2.65 bits per heavy atom. The van der Waals surface area contributed by atoms with Crippen molar-refractivity contribution in [2.24, 2.45) is 7.05 Å². The Morgan fingerprint density at radius 1 is 1.18 bits per heavy atom. The van der Waals surface area contributed by atoms with Crippen molar-refractivity contribution < 1.29 is 0 Å². The number of rotatable bonds is 0. The molecule has 3 heteroatoms. The molecule has 0 fully saturated rings. The number of aryl methyl sites for hydroxylation is 3. The number of nitrogens with zero attached hydrogens (tertiary/aromatic N) is 1. The van der Waals surface area contributed by atoms with Gasteiger partial charge in [-0.15, -0.1) is 11.3 Å². The van der Waals surface area contributed by atoms with Crippen LogP contribution in [0.25, 0.3) is 21.1 Å². The minimum absolute atomic E-state index is 0.163. The van der Waals surface area contributed by atoms with Gasteiger partial charge in [0.2, 0.25) is 0 Å². The Kier molecular flexibility index (Phi) is 2.13. The van der Waals surface area contributed by atoms with Crippen LogP contribution in [0.4, 0.5) is 0 Å². The van der Waals surface area contributed by atoms with Crippen molar-refractivity contribution in [3.05, 3.63) is 44.9 Å². The van der Waals surface area contributed by atoms with E-state index in [-0.39, 0.29) is 5.43 Å². The third kappa shape index (κ3) is 1.29. The number of para-hydroxylation sites is 1. The summed E-state index contributed by atoms with van der Waals surface area (Å²) in [6, 6.07) is 7.80. The molecule has 0 saturated carbocycles. The average Bonchev–Trinajstić information content (AvgIpc) is 2.64. The molecule has 2 aromatic heterocycles. The van der Waals surface area contributed by atoms with Gasteiger partial charge in [0.1, 0.15) is 4.83 Å². The van der Waals surface area contributed by atoms with Crippen LogP contribution in [-0.2, 0) is 7.05 Å². The van der Waals surface area contributed by atoms with Crippen molar-refractivity contribution in [3.8, 4) is 0 Å². The molecule has 86 valence electrons. The van der Waals surface area contributed by atoms with E-state index >= 15 is 0 Å². The molecule has 0 aliphatic carbocycles. The Labute approximate surface area is 103 Å². The SMILES string of the molecule is Cc1sc2c(c1C)c(=O)c1ccccc1n2C. The van der Waals surface area contributed by atoms with Gasteiger partial charge in [-0.1, -0.05) is 12.1 Å². The van der Waals surface area contributed by atoms with Gasteiger partial charge in [-0.25, -0.2) is 0 Å². The van der Waals surface area contributed by atoms with Gasteiger partial charge in [0.05, 0.1) is 10.9 Å². The highest BCUT2D eigenvalue weighted by Gasteiger charge is 2.14. The molecule has 0 radical (unpaired) electrons. The highest BCUT2D eigenvalue weighted by atomic mass is 32.1. The first-order chi connectivity index (χ1) is 8.11. The second-order valence-electron chi connectivity index (χ2n) is 4.37. The van der Waals surface area contributed by atoms with Crippen LogP contribution in [0.2, 0.25) is 0 Å². The number of benzene rings is 1. The lowest BCUT2D eigenvalue weighted by molar-refractivity contribution is 1.01. The number of pyridine rings is 1. The fourth-order valence-electron chi connectivity index (χ4n) is 2.31. The molecule has 0 spiro atoms. The summed E-state index contributed by atoms with van der Waals surface area (Å²) in [4.78, 5) is 14.8. The maximum Gasteiger partial charge on any atom is 0.198 e. The second-order valence-corrected chi connectivity index (χ2v) is 5.57. The van der Waals surface area contributed by atoms with Crippen LogP contribution in [0.15, 0.2) is 29.1 Å². The van der Waals surface area contributed by atoms with Gasteiger partial charge in [-0.2, -0.15) is 0 Å². The smallest absolute Gasteiger partial charge is 0.198 e. The summed E-state index contributed by atoms with van der Waals surface area (Å²) in [6.45, 7) is 4.11. The number of fused-ring (bicyclic) bond motifs is 2. The molecule has 2 heterocycles. The largest absolute Gasteiger partial charge is 0.335 e. The minimum atomic E-state index is 0.163. The highest BCUT2D eigenvalue weighted by molar-refractivity contribution is 7.18. The molecule has 17 heavy (non-hydrogen) atoms. The van der Waals surface area contributed by atoms with E-state index in [0.29, 0.717) is 0 Å². The lowest BCUT2D eigenvalue weighted by Crippen LogP contribution is -2.07. The van der Waals surface area contributed by atoms with Crippen molar-refractivity contribution in [2.45, 2.75) is 13.8 Å². The van der Waals surface area contributed by atoms with Crippen molar-refractivity contribution in [1.82, 2.24) is 4.57 Å². The molecule has 0 saturated heterocycles. The predicted molar refractivity (Wildman–Crippen MR) is 74.0 cm³/mol. The van der Waals surface area contributed by atoms with Gasteiger partial charge in [-0.05, 0) is 31.5 Å². The summed E-state index contributed by atoms with van der Waals surface area (Å²) in [7, 11) is 2.03. The zero-order chi connectivity index (χ0) is 12.2. The average molecular weight is 243 g/mol. The molecule has 0 amide bonds. The quantitative estimate of drug-likeness (QED) is 0.593. The van der Waals surface area contributed by atoms with Crippen LogP contribution in [0, 0.1) is 13.8 Å². The van der Waals surface area contributed by atoms with Crippen LogP contribution >= 0.6 is 11.3 Å². The summed E-state index contributed by atoms with van der Waals surface area (Å²) in [5, 5.41) is 1.69. The van der Waals surface area contributed by atoms with Crippen LogP contribution in [0.5, 0.6) is 0 Å². The zero-order valence-corrected chi connectivity index (χ0v) is 10.9. The first-order valence-corrected chi connectivity index (χ1v) is 6.40. The first kappa shape index (κ1) is 10.5. The van der Waals surface area contributed by atoms with E-state index in [1.54, 1.807) is 11.3 Å². The normalized spacial score (nSPS) is 11.5. The topological polar surface area (TPSA) is 22.0 Å². The van der Waals surface area contributed by atoms with Crippen LogP contribution in [-0.4, -0.2) is 4.57 Å². The number of hydrogen-bond donors (Lipinski definition) is 0. The van der Waals surface area contributed by atoms with Crippen molar-refractivity contribution in [2.75, 3.05) is 0 Å². The van der Waals surface area contributed by atoms with Gasteiger partial charge in [0, 0.05) is 17.3 Å². The summed E-state index contributed by atoms with van der Waals surface area (Å²) in [6.07, 6.45) is 0. The molecule has 3 rings (SSSR count). The van der Waals surface area contributed by atoms with Crippen molar-refractivity contribution in [1.29, 1.82) is 0 Å². The Balaban J connectivity index is 2.74. The molecule has 0 aliphatic heterocycles. The highest BCUT2D eigenvalue weighted by Crippen LogP contribution is 2.29. The lowest BCUT2D eigenvalue weighted by atomic mass is 10.1. The predicted octanol–water partition coefficient (Wildman–Crippen LogP) is 3.37. The van der Waals surface area contributed by atoms with Gasteiger partial charge in [0.15, 0.2) is 5.43 Å². The second kappa shape index (κ2) is 3.44. The zero-order valence-electron chi connectivity index (χ0n) is 10.1. The molecule has 0 aliphatic rings. The van der Waals surface area contributed by atoms with Crippen molar-refractivity contribution >= 4 is 32.5 Å². The third-order valence-corrected chi connectivity index (χ3v) is 4.69. The third-order valence-electron chi connectivity index (χ3n) is 3.41. The summed E-state index contributed by atoms with van der Waals surface area (Å²) in [5.41, 5.74) is 2.29. The molecule has 1 aromatic carbocycles. The molecule has 0 unspecified atom stereocenters. The summed E-state index contributed by atoms with van der Waals surface area (Å²) < 4.78 is 2.12. The Bertz CT molecular complexity index is 795. The first-order valence-electron chi connectivity index (χ1n) is 5.58. The van der Waals surface area contributed by atoms with Crippen LogP contribution in [0.3, 0.4) is 0 Å². The fraction of sp³-hybridized carbons (Fsp3) is 0.214. The minimum Gasteiger partial charge on any atom is -0.335 e. The van der Waals surface area contributed by atoms with Crippen LogP contribution < -0.4 is 5.43 Å². The molecule has 3 aromatic rings. The molecule has 2 nitrogen and oxygen atoms in total. The van der Waals surface area contributed by atoms with Gasteiger partial charge in [0.25, 0.3) is 0 Å². The Morgan fingerprint density at radius 2 is 1.88 bits per heavy atom. The van der Waals surface area contributed by atoms with Crippen molar-refractivity contribution in [3.63, 3.8) is 0 Å². The van der Waals surface area contributed by atoms with Gasteiger partial charge < -0.3 is 4.57 Å². The van der Waals surface area contributed by atoms with Gasteiger partial charge >= 0.3 is 0 Å². The molecular weight excluding hydrogens is 230 g/mol. The number of hydrogen-bond acceptors (Lipinski definition) is 2. The maximum atomic E-state index is 12.5. The van der Waals surface area contributed by atoms with E-state index in [1.165, 1.54) is 4.88 Å². The van der Waals surface area contributed by atoms with E-state index in [0.717, 1.165) is 26.7 Å². The van der Waals surface area contributed by atoms with E-state index in [1.807, 2.05) is 38.2 Å². The van der Waals surface area contributed by atoms with Crippen LogP contribution in [0.1, 0.15) is 10.4 Å². The Hall–Kier alpha value is -1.61. The molecular formula is C14H13NOS. The lowest BCUT2D eigenvalue weighted by Gasteiger charge is -2.06. The standard InChI is InChI=1S/C14H13NOS/c1-8-9(2)17-14-12(8)13(16)10-6-4-5-7-11(10)15(14)3/h4-7H,1-3H3. The monoisotopic (exact) mass is 243 g/mol. The fourth-order valence-corrected chi connectivity index (χ4v) is 3.44. The molecule has 0 bridgehead atoms. The van der Waals surface area contributed by atoms with E-state index in [9.17, 15) is 4.79 Å². The summed E-state index contributed by atoms with van der Waals surface area (Å²) >= 11 is 1.70. The van der Waals surface area contributed by atoms with E-state index in [2.05, 4.69) is 11.5 Å². The molecule has 0 atom stereocenters. The number of thiophene rings is 1.